The number of aliphatic hydroxyl groups is 1. The SMILES string of the molecule is C=CC[N+]1(C[C@@H](O)COc2ccc(C(C)(C)CC(C)(C)C)cc2)C[C@@H](C)O[C@@H](C)C1. The molecule has 1 aliphatic heterocycles. The summed E-state index contributed by atoms with van der Waals surface area (Å²) >= 11 is 0. The maximum atomic E-state index is 10.7. The molecule has 1 saturated heterocycles. The molecule has 1 fully saturated rings. The van der Waals surface area contributed by atoms with Gasteiger partial charge in [0.2, 0.25) is 0 Å². The molecular formula is C26H44NO3+. The molecule has 0 amide bonds. The van der Waals surface area contributed by atoms with Crippen molar-refractivity contribution in [2.75, 3.05) is 32.8 Å². The standard InChI is InChI=1S/C26H44NO3/c1-9-14-27(15-20(2)30-21(3)16-27)17-23(28)18-29-24-12-10-22(11-13-24)26(7,8)19-25(4,5)6/h9-13,20-21,23,28H,1,14-19H2,2-8H3/q+1/t20-,21+,23-,27?/m1/s1. The van der Waals surface area contributed by atoms with Crippen molar-refractivity contribution in [1.29, 1.82) is 0 Å². The molecule has 4 atom stereocenters. The number of quaternary nitrogens is 1. The predicted molar refractivity (Wildman–Crippen MR) is 125 cm³/mol. The van der Waals surface area contributed by atoms with E-state index in [1.807, 2.05) is 18.2 Å². The van der Waals surface area contributed by atoms with Gasteiger partial charge in [0.1, 0.15) is 50.3 Å². The Morgan fingerprint density at radius 3 is 2.20 bits per heavy atom. The summed E-state index contributed by atoms with van der Waals surface area (Å²) in [4.78, 5) is 0. The third-order valence-corrected chi connectivity index (χ3v) is 5.92. The van der Waals surface area contributed by atoms with E-state index in [9.17, 15) is 5.11 Å². The van der Waals surface area contributed by atoms with Crippen LogP contribution in [0, 0.1) is 5.41 Å². The van der Waals surface area contributed by atoms with Crippen molar-refractivity contribution in [3.05, 3.63) is 42.5 Å². The highest BCUT2D eigenvalue weighted by molar-refractivity contribution is 5.31. The summed E-state index contributed by atoms with van der Waals surface area (Å²) in [5.41, 5.74) is 1.71. The van der Waals surface area contributed by atoms with Crippen molar-refractivity contribution >= 4 is 0 Å². The molecule has 0 bridgehead atoms. The smallest absolute Gasteiger partial charge is 0.137 e. The van der Waals surface area contributed by atoms with Gasteiger partial charge in [-0.15, -0.1) is 0 Å². The monoisotopic (exact) mass is 418 g/mol. The molecule has 4 nitrogen and oxygen atoms in total. The van der Waals surface area contributed by atoms with Crippen LogP contribution >= 0.6 is 0 Å². The summed E-state index contributed by atoms with van der Waals surface area (Å²) in [6.07, 6.45) is 2.91. The van der Waals surface area contributed by atoms with E-state index in [1.54, 1.807) is 0 Å². The Kier molecular flexibility index (Phi) is 8.17. The van der Waals surface area contributed by atoms with Crippen molar-refractivity contribution in [2.45, 2.75) is 78.6 Å². The van der Waals surface area contributed by atoms with Crippen LogP contribution in [0.25, 0.3) is 0 Å². The van der Waals surface area contributed by atoms with Crippen molar-refractivity contribution < 1.29 is 19.1 Å². The topological polar surface area (TPSA) is 38.7 Å². The van der Waals surface area contributed by atoms with Crippen LogP contribution in [-0.4, -0.2) is 60.7 Å². The van der Waals surface area contributed by atoms with Crippen LogP contribution in [-0.2, 0) is 10.2 Å². The highest BCUT2D eigenvalue weighted by Gasteiger charge is 2.38. The molecule has 2 rings (SSSR count). The first-order valence-electron chi connectivity index (χ1n) is 11.4. The lowest BCUT2D eigenvalue weighted by Crippen LogP contribution is -2.62. The lowest BCUT2D eigenvalue weighted by molar-refractivity contribution is -0.938. The first kappa shape index (κ1) is 24.9. The molecule has 1 N–H and O–H groups in total. The molecule has 0 aliphatic carbocycles. The van der Waals surface area contributed by atoms with Gasteiger partial charge in [-0.2, -0.15) is 0 Å². The van der Waals surface area contributed by atoms with Gasteiger partial charge in [0.05, 0.1) is 6.54 Å². The zero-order valence-corrected chi connectivity index (χ0v) is 20.3. The van der Waals surface area contributed by atoms with Gasteiger partial charge in [0.15, 0.2) is 0 Å². The fraction of sp³-hybridized carbons (Fsp3) is 0.692. The second-order valence-corrected chi connectivity index (χ2v) is 11.2. The number of aliphatic hydroxyl groups excluding tert-OH is 1. The molecule has 1 aliphatic rings. The third kappa shape index (κ3) is 7.40. The maximum absolute atomic E-state index is 10.7. The van der Waals surface area contributed by atoms with E-state index in [-0.39, 0.29) is 23.0 Å². The molecule has 0 spiro atoms. The Labute approximate surface area is 184 Å². The number of morpholine rings is 1. The van der Waals surface area contributed by atoms with Crippen LogP contribution in [0.5, 0.6) is 5.75 Å². The fourth-order valence-electron chi connectivity index (χ4n) is 5.42. The molecule has 30 heavy (non-hydrogen) atoms. The molecule has 170 valence electrons. The second-order valence-electron chi connectivity index (χ2n) is 11.2. The minimum absolute atomic E-state index is 0.112. The molecule has 0 saturated carbocycles. The van der Waals surface area contributed by atoms with Gasteiger partial charge in [0, 0.05) is 0 Å². The van der Waals surface area contributed by atoms with E-state index in [1.165, 1.54) is 5.56 Å². The van der Waals surface area contributed by atoms with E-state index in [4.69, 9.17) is 9.47 Å². The molecule has 1 aromatic carbocycles. The lowest BCUT2D eigenvalue weighted by atomic mass is 9.72. The number of hydrogen-bond acceptors (Lipinski definition) is 3. The first-order valence-corrected chi connectivity index (χ1v) is 11.4. The highest BCUT2D eigenvalue weighted by atomic mass is 16.5. The molecule has 1 aromatic rings. The van der Waals surface area contributed by atoms with Crippen LogP contribution in [0.4, 0.5) is 0 Å². The van der Waals surface area contributed by atoms with E-state index >= 15 is 0 Å². The second kappa shape index (κ2) is 9.84. The van der Waals surface area contributed by atoms with Crippen molar-refractivity contribution in [2.24, 2.45) is 5.41 Å². The quantitative estimate of drug-likeness (QED) is 0.455. The average Bonchev–Trinajstić information content (AvgIpc) is 2.57. The third-order valence-electron chi connectivity index (χ3n) is 5.92. The van der Waals surface area contributed by atoms with Gasteiger partial charge < -0.3 is 19.1 Å². The number of nitrogens with zero attached hydrogens (tertiary/aromatic N) is 1. The number of hydrogen-bond donors (Lipinski definition) is 1. The van der Waals surface area contributed by atoms with Gasteiger partial charge in [-0.25, -0.2) is 0 Å². The number of benzene rings is 1. The Morgan fingerprint density at radius 1 is 1.13 bits per heavy atom. The average molecular weight is 419 g/mol. The van der Waals surface area contributed by atoms with E-state index in [0.717, 1.165) is 36.3 Å². The van der Waals surface area contributed by atoms with E-state index < -0.39 is 6.10 Å². The van der Waals surface area contributed by atoms with E-state index in [2.05, 4.69) is 67.2 Å². The Balaban J connectivity index is 1.95. The Morgan fingerprint density at radius 2 is 1.70 bits per heavy atom. The van der Waals surface area contributed by atoms with Crippen LogP contribution in [0.3, 0.4) is 0 Å². The predicted octanol–water partition coefficient (Wildman–Crippen LogP) is 4.95. The fourth-order valence-corrected chi connectivity index (χ4v) is 5.42. The minimum atomic E-state index is -0.528. The van der Waals surface area contributed by atoms with Crippen molar-refractivity contribution in [1.82, 2.24) is 0 Å². The molecule has 4 heteroatoms. The van der Waals surface area contributed by atoms with Crippen LogP contribution < -0.4 is 4.74 Å². The molecule has 0 radical (unpaired) electrons. The molecule has 1 unspecified atom stereocenters. The maximum Gasteiger partial charge on any atom is 0.137 e. The highest BCUT2D eigenvalue weighted by Crippen LogP contribution is 2.36. The van der Waals surface area contributed by atoms with Crippen LogP contribution in [0.2, 0.25) is 0 Å². The molecule has 0 aromatic heterocycles. The van der Waals surface area contributed by atoms with Crippen molar-refractivity contribution in [3.63, 3.8) is 0 Å². The number of ether oxygens (including phenoxy) is 2. The Bertz CT molecular complexity index is 665. The molecular weight excluding hydrogens is 374 g/mol. The van der Waals surface area contributed by atoms with Crippen LogP contribution in [0.1, 0.15) is 60.5 Å². The zero-order valence-electron chi connectivity index (χ0n) is 20.3. The molecule has 1 heterocycles. The lowest BCUT2D eigenvalue weighted by Gasteiger charge is -2.46. The summed E-state index contributed by atoms with van der Waals surface area (Å²) in [5.74, 6) is 0.809. The summed E-state index contributed by atoms with van der Waals surface area (Å²) < 4.78 is 12.6. The summed E-state index contributed by atoms with van der Waals surface area (Å²) in [6.45, 7) is 23.2. The summed E-state index contributed by atoms with van der Waals surface area (Å²) in [5, 5.41) is 10.7. The van der Waals surface area contributed by atoms with Gasteiger partial charge in [-0.05, 0) is 54.9 Å². The first-order chi connectivity index (χ1) is 13.8. The van der Waals surface area contributed by atoms with Crippen LogP contribution in [0.15, 0.2) is 36.9 Å². The number of rotatable bonds is 9. The van der Waals surface area contributed by atoms with Crippen molar-refractivity contribution in [3.8, 4) is 5.75 Å². The van der Waals surface area contributed by atoms with Gasteiger partial charge >= 0.3 is 0 Å². The Hall–Kier alpha value is -1.36. The largest absolute Gasteiger partial charge is 0.491 e. The normalized spacial score (nSPS) is 26.3. The van der Waals surface area contributed by atoms with Gasteiger partial charge in [0.25, 0.3) is 0 Å². The summed E-state index contributed by atoms with van der Waals surface area (Å²) in [7, 11) is 0. The summed E-state index contributed by atoms with van der Waals surface area (Å²) in [6, 6.07) is 8.37. The minimum Gasteiger partial charge on any atom is -0.491 e. The van der Waals surface area contributed by atoms with Gasteiger partial charge in [-0.1, -0.05) is 53.3 Å². The van der Waals surface area contributed by atoms with E-state index in [0.29, 0.717) is 13.2 Å². The van der Waals surface area contributed by atoms with Gasteiger partial charge in [-0.3, -0.25) is 0 Å². The zero-order chi connectivity index (χ0) is 22.6.